The number of amides is 4. The Labute approximate surface area is 183 Å². The first-order valence-corrected chi connectivity index (χ1v) is 10.8. The van der Waals surface area contributed by atoms with Crippen molar-refractivity contribution in [3.63, 3.8) is 0 Å². The van der Waals surface area contributed by atoms with Crippen molar-refractivity contribution in [1.82, 2.24) is 15.5 Å². The van der Waals surface area contributed by atoms with Crippen LogP contribution in [0.15, 0.2) is 47.4 Å². The van der Waals surface area contributed by atoms with Gasteiger partial charge >= 0.3 is 6.03 Å². The fourth-order valence-corrected chi connectivity index (χ4v) is 3.98. The van der Waals surface area contributed by atoms with Crippen molar-refractivity contribution in [3.8, 4) is 17.6 Å². The Morgan fingerprint density at radius 3 is 2.47 bits per heavy atom. The number of methoxy groups -OCH3 is 1. The average Bonchev–Trinajstić information content (AvgIpc) is 3.21. The van der Waals surface area contributed by atoms with Gasteiger partial charge in [-0.15, -0.1) is 0 Å². The van der Waals surface area contributed by atoms with Gasteiger partial charge in [-0.25, -0.2) is 4.79 Å². The van der Waals surface area contributed by atoms with E-state index in [0.717, 1.165) is 17.7 Å². The Bertz CT molecular complexity index is 1310. The zero-order chi connectivity index (χ0) is 23.1. The van der Waals surface area contributed by atoms with E-state index in [-0.39, 0.29) is 23.9 Å². The molecule has 0 aromatic heterocycles. The van der Waals surface area contributed by atoms with Crippen LogP contribution in [0, 0.1) is 11.8 Å². The summed E-state index contributed by atoms with van der Waals surface area (Å²) in [7, 11) is -2.86. The van der Waals surface area contributed by atoms with E-state index in [1.54, 1.807) is 18.2 Å². The molecule has 1 fully saturated rings. The van der Waals surface area contributed by atoms with E-state index in [1.165, 1.54) is 24.1 Å². The van der Waals surface area contributed by atoms with Gasteiger partial charge in [0.15, 0.2) is 0 Å². The van der Waals surface area contributed by atoms with Gasteiger partial charge in [0, 0.05) is 17.7 Å². The third-order valence-electron chi connectivity index (χ3n) is 5.14. The standard InChI is InChI=1S/C21H17N3O7S/c1-31-15-5-4-14-11-24(18(25)17(14)10-15)12-21(19(26)22-20(27)23-21)9-8-13-2-6-16(7-3-13)32(28,29)30/h2-7,10H,11-12H2,1H3,(H,28,29,30)(H2,22,23,26,27)/t21-/m1/s1. The lowest BCUT2D eigenvalue weighted by Crippen LogP contribution is -2.54. The van der Waals surface area contributed by atoms with E-state index in [2.05, 4.69) is 22.5 Å². The van der Waals surface area contributed by atoms with E-state index < -0.39 is 27.6 Å². The molecule has 4 amide bonds. The second-order valence-corrected chi connectivity index (χ2v) is 8.67. The highest BCUT2D eigenvalue weighted by Gasteiger charge is 2.48. The normalized spacial score (nSPS) is 19.7. The summed E-state index contributed by atoms with van der Waals surface area (Å²) in [6.07, 6.45) is 0. The lowest BCUT2D eigenvalue weighted by molar-refractivity contribution is -0.122. The van der Waals surface area contributed by atoms with Gasteiger partial charge in [0.05, 0.1) is 18.6 Å². The summed E-state index contributed by atoms with van der Waals surface area (Å²) < 4.78 is 36.6. The van der Waals surface area contributed by atoms with Crippen LogP contribution in [-0.4, -0.2) is 54.9 Å². The monoisotopic (exact) mass is 455 g/mol. The summed E-state index contributed by atoms with van der Waals surface area (Å²) in [5, 5.41) is 4.63. The largest absolute Gasteiger partial charge is 0.497 e. The van der Waals surface area contributed by atoms with E-state index in [1.807, 2.05) is 0 Å². The van der Waals surface area contributed by atoms with Crippen LogP contribution < -0.4 is 15.4 Å². The number of benzene rings is 2. The molecule has 0 radical (unpaired) electrons. The number of rotatable bonds is 4. The molecule has 1 saturated heterocycles. The van der Waals surface area contributed by atoms with Crippen molar-refractivity contribution in [2.75, 3.05) is 13.7 Å². The highest BCUT2D eigenvalue weighted by Crippen LogP contribution is 2.28. The Morgan fingerprint density at radius 1 is 1.16 bits per heavy atom. The molecule has 0 spiro atoms. The fourth-order valence-electron chi connectivity index (χ4n) is 3.50. The zero-order valence-electron chi connectivity index (χ0n) is 16.7. The second-order valence-electron chi connectivity index (χ2n) is 7.25. The molecule has 2 aromatic carbocycles. The Balaban J connectivity index is 1.63. The molecule has 0 unspecified atom stereocenters. The van der Waals surface area contributed by atoms with Gasteiger partial charge in [-0.2, -0.15) is 8.42 Å². The third kappa shape index (κ3) is 3.89. The molecule has 1 atom stereocenters. The topological polar surface area (TPSA) is 142 Å². The molecule has 164 valence electrons. The molecule has 4 rings (SSSR count). The number of urea groups is 1. The molecule has 10 nitrogen and oxygen atoms in total. The van der Waals surface area contributed by atoms with Gasteiger partial charge in [-0.05, 0) is 42.0 Å². The van der Waals surface area contributed by atoms with Crippen LogP contribution in [0.4, 0.5) is 4.79 Å². The molecule has 2 aliphatic heterocycles. The summed E-state index contributed by atoms with van der Waals surface area (Å²) >= 11 is 0. The van der Waals surface area contributed by atoms with Crippen molar-refractivity contribution in [2.45, 2.75) is 17.0 Å². The number of imide groups is 1. The lowest BCUT2D eigenvalue weighted by atomic mass is 9.99. The molecule has 3 N–H and O–H groups in total. The maximum atomic E-state index is 12.9. The van der Waals surface area contributed by atoms with E-state index in [9.17, 15) is 22.8 Å². The SMILES string of the molecule is COc1ccc2c(c1)C(=O)N(C[C@@]1(C#Cc3ccc(S(=O)(=O)O)cc3)NC(=O)NC1=O)C2. The minimum atomic E-state index is -4.35. The van der Waals surface area contributed by atoms with Crippen LogP contribution in [0.25, 0.3) is 0 Å². The number of hydrogen-bond donors (Lipinski definition) is 3. The lowest BCUT2D eigenvalue weighted by Gasteiger charge is -2.26. The molecular weight excluding hydrogens is 438 g/mol. The van der Waals surface area contributed by atoms with Gasteiger partial charge in [-0.3, -0.25) is 19.5 Å². The van der Waals surface area contributed by atoms with Crippen molar-refractivity contribution >= 4 is 28.0 Å². The van der Waals surface area contributed by atoms with Crippen molar-refractivity contribution < 1.29 is 32.1 Å². The summed E-state index contributed by atoms with van der Waals surface area (Å²) in [6.45, 7) is 0.0320. The Morgan fingerprint density at radius 2 is 1.88 bits per heavy atom. The first-order valence-electron chi connectivity index (χ1n) is 9.32. The number of carbonyl (C=O) groups excluding carboxylic acids is 3. The van der Waals surface area contributed by atoms with Crippen molar-refractivity contribution in [2.24, 2.45) is 0 Å². The average molecular weight is 455 g/mol. The Kier molecular flexibility index (Phi) is 5.12. The predicted molar refractivity (Wildman–Crippen MR) is 110 cm³/mol. The van der Waals surface area contributed by atoms with Gasteiger partial charge in [0.25, 0.3) is 21.9 Å². The van der Waals surface area contributed by atoms with Crippen LogP contribution >= 0.6 is 0 Å². The molecule has 0 saturated carbocycles. The zero-order valence-corrected chi connectivity index (χ0v) is 17.5. The van der Waals surface area contributed by atoms with E-state index in [4.69, 9.17) is 9.29 Å². The number of hydrogen-bond acceptors (Lipinski definition) is 6. The van der Waals surface area contributed by atoms with Crippen LogP contribution in [0.2, 0.25) is 0 Å². The number of nitrogens with zero attached hydrogens (tertiary/aromatic N) is 1. The highest BCUT2D eigenvalue weighted by atomic mass is 32.2. The van der Waals surface area contributed by atoms with Crippen LogP contribution in [0.3, 0.4) is 0 Å². The maximum Gasteiger partial charge on any atom is 0.323 e. The van der Waals surface area contributed by atoms with Gasteiger partial charge in [0.1, 0.15) is 5.75 Å². The van der Waals surface area contributed by atoms with Gasteiger partial charge in [0.2, 0.25) is 5.54 Å². The van der Waals surface area contributed by atoms with E-state index in [0.29, 0.717) is 16.9 Å². The molecule has 32 heavy (non-hydrogen) atoms. The Hall–Kier alpha value is -3.88. The van der Waals surface area contributed by atoms with Crippen LogP contribution in [0.5, 0.6) is 5.75 Å². The summed E-state index contributed by atoms with van der Waals surface area (Å²) in [6, 6.07) is 9.38. The molecule has 0 aliphatic carbocycles. The summed E-state index contributed by atoms with van der Waals surface area (Å²) in [5.74, 6) is 4.94. The smallest absolute Gasteiger partial charge is 0.323 e. The molecule has 11 heteroatoms. The molecule has 2 aromatic rings. The number of nitrogens with one attached hydrogen (secondary N) is 2. The number of fused-ring (bicyclic) bond motifs is 1. The minimum absolute atomic E-state index is 0.198. The first-order chi connectivity index (χ1) is 15.1. The van der Waals surface area contributed by atoms with Crippen molar-refractivity contribution in [3.05, 3.63) is 59.2 Å². The molecule has 2 aliphatic rings. The second kappa shape index (κ2) is 7.67. The predicted octanol–water partition coefficient (Wildman–Crippen LogP) is 0.528. The third-order valence-corrected chi connectivity index (χ3v) is 6.01. The fraction of sp³-hybridized carbons (Fsp3) is 0.190. The van der Waals surface area contributed by atoms with Gasteiger partial charge < -0.3 is 15.0 Å². The quantitative estimate of drug-likeness (QED) is 0.347. The summed E-state index contributed by atoms with van der Waals surface area (Å²) in [5.41, 5.74) is -0.158. The first kappa shape index (κ1) is 21.4. The number of ether oxygens (including phenoxy) is 1. The summed E-state index contributed by atoms with van der Waals surface area (Å²) in [4.78, 5) is 38.5. The molecule has 0 bridgehead atoms. The molecular formula is C21H17N3O7S. The van der Waals surface area contributed by atoms with Crippen LogP contribution in [-0.2, 0) is 21.5 Å². The highest BCUT2D eigenvalue weighted by molar-refractivity contribution is 7.85. The van der Waals surface area contributed by atoms with Crippen molar-refractivity contribution in [1.29, 1.82) is 0 Å². The number of carbonyl (C=O) groups is 3. The van der Waals surface area contributed by atoms with Gasteiger partial charge in [-0.1, -0.05) is 17.9 Å². The molecule has 2 heterocycles. The maximum absolute atomic E-state index is 12.9. The minimum Gasteiger partial charge on any atom is -0.497 e. The van der Waals surface area contributed by atoms with Crippen LogP contribution in [0.1, 0.15) is 21.5 Å². The van der Waals surface area contributed by atoms with E-state index >= 15 is 0 Å².